The molecule has 0 aromatic heterocycles. The van der Waals surface area contributed by atoms with Crippen LogP contribution in [0.5, 0.6) is 0 Å². The van der Waals surface area contributed by atoms with Gasteiger partial charge >= 0.3 is 0 Å². The Balaban J connectivity index is 1.97. The summed E-state index contributed by atoms with van der Waals surface area (Å²) in [6.07, 6.45) is 2.26. The number of carbonyl (C=O) groups excluding carboxylic acids is 1. The number of aliphatic imine (C=N–C) groups is 1. The molecule has 1 aromatic carbocycles. The van der Waals surface area contributed by atoms with Crippen molar-refractivity contribution in [3.05, 3.63) is 35.1 Å². The summed E-state index contributed by atoms with van der Waals surface area (Å²) in [5.74, 6) is 0.288. The third-order valence-electron chi connectivity index (χ3n) is 4.07. The number of benzene rings is 1. The number of rotatable bonds is 6. The summed E-state index contributed by atoms with van der Waals surface area (Å²) in [6, 6.07) is 4.94. The van der Waals surface area contributed by atoms with Crippen LogP contribution in [0.3, 0.4) is 0 Å². The number of hydrogen-bond donors (Lipinski definition) is 2. The Labute approximate surface area is 148 Å². The van der Waals surface area contributed by atoms with E-state index in [4.69, 9.17) is 4.74 Å². The van der Waals surface area contributed by atoms with E-state index in [1.54, 1.807) is 33.2 Å². The van der Waals surface area contributed by atoms with Gasteiger partial charge in [0, 0.05) is 27.2 Å². The lowest BCUT2D eigenvalue weighted by atomic mass is 10.1. The van der Waals surface area contributed by atoms with Gasteiger partial charge in [-0.25, -0.2) is 9.38 Å². The number of guanidine groups is 1. The molecule has 7 heteroatoms. The maximum Gasteiger partial charge on any atom is 0.241 e. The lowest BCUT2D eigenvalue weighted by molar-refractivity contribution is -0.127. The molecular formula is C18H27FN4O2. The molecule has 1 fully saturated rings. The standard InChI is InChI=1S/C18H27FN4O2/c1-13-9-14(6-7-16(13)19)10-20-18(22-12-17(24)23(2)3)21-11-15-5-4-8-25-15/h6-7,9,15H,4-5,8,10-12H2,1-3H3,(H2,20,21,22). The zero-order chi connectivity index (χ0) is 18.2. The summed E-state index contributed by atoms with van der Waals surface area (Å²) in [5, 5.41) is 6.26. The Bertz CT molecular complexity index is 613. The minimum absolute atomic E-state index is 0.0377. The monoisotopic (exact) mass is 350 g/mol. The molecule has 2 N–H and O–H groups in total. The number of amides is 1. The maximum absolute atomic E-state index is 13.4. The molecule has 6 nitrogen and oxygen atoms in total. The maximum atomic E-state index is 13.4. The van der Waals surface area contributed by atoms with E-state index in [1.807, 2.05) is 0 Å². The number of carbonyl (C=O) groups is 1. The van der Waals surface area contributed by atoms with Crippen LogP contribution in [0.4, 0.5) is 4.39 Å². The van der Waals surface area contributed by atoms with Gasteiger partial charge in [0.15, 0.2) is 5.96 Å². The van der Waals surface area contributed by atoms with Gasteiger partial charge in [-0.3, -0.25) is 4.79 Å². The largest absolute Gasteiger partial charge is 0.376 e. The summed E-state index contributed by atoms with van der Waals surface area (Å²) in [5.41, 5.74) is 1.51. The second-order valence-electron chi connectivity index (χ2n) is 6.41. The molecule has 1 unspecified atom stereocenters. The molecule has 0 bridgehead atoms. The summed E-state index contributed by atoms with van der Waals surface area (Å²) < 4.78 is 19.0. The molecule has 1 aromatic rings. The topological polar surface area (TPSA) is 66.0 Å². The molecule has 1 atom stereocenters. The molecule has 1 heterocycles. The molecule has 25 heavy (non-hydrogen) atoms. The van der Waals surface area contributed by atoms with Crippen molar-refractivity contribution >= 4 is 11.9 Å². The molecule has 138 valence electrons. The fourth-order valence-corrected chi connectivity index (χ4v) is 2.48. The average molecular weight is 350 g/mol. The van der Waals surface area contributed by atoms with Crippen molar-refractivity contribution in [2.45, 2.75) is 32.4 Å². The van der Waals surface area contributed by atoms with Crippen LogP contribution in [0.1, 0.15) is 24.0 Å². The van der Waals surface area contributed by atoms with Crippen LogP contribution < -0.4 is 10.6 Å². The highest BCUT2D eigenvalue weighted by molar-refractivity contribution is 5.86. The van der Waals surface area contributed by atoms with Crippen LogP contribution in [-0.4, -0.2) is 56.7 Å². The number of nitrogens with one attached hydrogen (secondary N) is 2. The molecule has 1 aliphatic heterocycles. The van der Waals surface area contributed by atoms with Crippen LogP contribution in [0.25, 0.3) is 0 Å². The Morgan fingerprint density at radius 3 is 2.84 bits per heavy atom. The van der Waals surface area contributed by atoms with Crippen LogP contribution in [0.15, 0.2) is 23.2 Å². The Kier molecular flexibility index (Phi) is 7.18. The second-order valence-corrected chi connectivity index (χ2v) is 6.41. The van der Waals surface area contributed by atoms with E-state index in [2.05, 4.69) is 15.6 Å². The van der Waals surface area contributed by atoms with E-state index >= 15 is 0 Å². The number of hydrogen-bond acceptors (Lipinski definition) is 3. The Morgan fingerprint density at radius 2 is 2.20 bits per heavy atom. The fraction of sp³-hybridized carbons (Fsp3) is 0.556. The van der Waals surface area contributed by atoms with Crippen LogP contribution in [0, 0.1) is 12.7 Å². The molecular weight excluding hydrogens is 323 g/mol. The van der Waals surface area contributed by atoms with E-state index in [0.717, 1.165) is 25.0 Å². The molecule has 0 spiro atoms. The van der Waals surface area contributed by atoms with Crippen LogP contribution in [0.2, 0.25) is 0 Å². The lowest BCUT2D eigenvalue weighted by Gasteiger charge is -2.17. The first-order valence-electron chi connectivity index (χ1n) is 8.54. The highest BCUT2D eigenvalue weighted by atomic mass is 19.1. The van der Waals surface area contributed by atoms with Crippen molar-refractivity contribution < 1.29 is 13.9 Å². The predicted octanol–water partition coefficient (Wildman–Crippen LogP) is 1.44. The van der Waals surface area contributed by atoms with Gasteiger partial charge in [-0.05, 0) is 37.0 Å². The van der Waals surface area contributed by atoms with Gasteiger partial charge in [0.2, 0.25) is 5.91 Å². The number of nitrogens with zero attached hydrogens (tertiary/aromatic N) is 2. The van der Waals surface area contributed by atoms with E-state index in [9.17, 15) is 9.18 Å². The molecule has 2 rings (SSSR count). The normalized spacial score (nSPS) is 17.4. The van der Waals surface area contributed by atoms with Crippen molar-refractivity contribution in [1.82, 2.24) is 15.5 Å². The fourth-order valence-electron chi connectivity index (χ4n) is 2.48. The van der Waals surface area contributed by atoms with Gasteiger partial charge in [0.1, 0.15) is 5.82 Å². The third kappa shape index (κ3) is 6.34. The van der Waals surface area contributed by atoms with E-state index < -0.39 is 0 Å². The lowest BCUT2D eigenvalue weighted by Crippen LogP contribution is -2.45. The van der Waals surface area contributed by atoms with E-state index in [-0.39, 0.29) is 24.4 Å². The summed E-state index contributed by atoms with van der Waals surface area (Å²) in [6.45, 7) is 3.72. The highest BCUT2D eigenvalue weighted by Crippen LogP contribution is 2.11. The first-order valence-corrected chi connectivity index (χ1v) is 8.54. The molecule has 1 saturated heterocycles. The number of likely N-dealkylation sites (N-methyl/N-ethyl adjacent to an activating group) is 1. The zero-order valence-electron chi connectivity index (χ0n) is 15.1. The third-order valence-corrected chi connectivity index (χ3v) is 4.07. The second kappa shape index (κ2) is 9.36. The number of halogens is 1. The van der Waals surface area contributed by atoms with E-state index in [0.29, 0.717) is 24.6 Å². The van der Waals surface area contributed by atoms with Gasteiger partial charge in [-0.15, -0.1) is 0 Å². The zero-order valence-corrected chi connectivity index (χ0v) is 15.1. The van der Waals surface area contributed by atoms with Gasteiger partial charge in [-0.2, -0.15) is 0 Å². The first-order chi connectivity index (χ1) is 12.0. The summed E-state index contributed by atoms with van der Waals surface area (Å²) in [4.78, 5) is 17.8. The molecule has 0 saturated carbocycles. The summed E-state index contributed by atoms with van der Waals surface area (Å²) in [7, 11) is 3.42. The van der Waals surface area contributed by atoms with Crippen molar-refractivity contribution in [2.75, 3.05) is 33.8 Å². The highest BCUT2D eigenvalue weighted by Gasteiger charge is 2.16. The summed E-state index contributed by atoms with van der Waals surface area (Å²) >= 11 is 0. The SMILES string of the molecule is Cc1cc(CN=C(NCC(=O)N(C)C)NCC2CCCO2)ccc1F. The van der Waals surface area contributed by atoms with Gasteiger partial charge in [0.25, 0.3) is 0 Å². The van der Waals surface area contributed by atoms with Crippen molar-refractivity contribution in [1.29, 1.82) is 0 Å². The Morgan fingerprint density at radius 1 is 1.40 bits per heavy atom. The van der Waals surface area contributed by atoms with E-state index in [1.165, 1.54) is 11.0 Å². The first kappa shape index (κ1) is 19.2. The smallest absolute Gasteiger partial charge is 0.241 e. The van der Waals surface area contributed by atoms with Gasteiger partial charge < -0.3 is 20.3 Å². The van der Waals surface area contributed by atoms with Gasteiger partial charge in [-0.1, -0.05) is 12.1 Å². The van der Waals surface area contributed by atoms with Crippen molar-refractivity contribution in [2.24, 2.45) is 4.99 Å². The van der Waals surface area contributed by atoms with Gasteiger partial charge in [0.05, 0.1) is 19.2 Å². The number of ether oxygens (including phenoxy) is 1. The minimum atomic E-state index is -0.223. The molecule has 1 aliphatic rings. The van der Waals surface area contributed by atoms with Crippen molar-refractivity contribution in [3.8, 4) is 0 Å². The predicted molar refractivity (Wildman–Crippen MR) is 95.9 cm³/mol. The molecule has 1 amide bonds. The van der Waals surface area contributed by atoms with Crippen molar-refractivity contribution in [3.63, 3.8) is 0 Å². The molecule has 0 radical (unpaired) electrons. The van der Waals surface area contributed by atoms with Crippen LogP contribution in [-0.2, 0) is 16.1 Å². The van der Waals surface area contributed by atoms with Crippen LogP contribution >= 0.6 is 0 Å². The average Bonchev–Trinajstić information content (AvgIpc) is 3.10. The number of aryl methyl sites for hydroxylation is 1. The quantitative estimate of drug-likeness (QED) is 0.602. The Hall–Kier alpha value is -2.15. The minimum Gasteiger partial charge on any atom is -0.376 e. The molecule has 0 aliphatic carbocycles.